The molecule has 4 N–H and O–H groups in total. The number of halogens is 1. The summed E-state index contributed by atoms with van der Waals surface area (Å²) in [5, 5.41) is 1.21. The summed E-state index contributed by atoms with van der Waals surface area (Å²) >= 11 is 7.97. The standard InChI is InChI=1S/C21H26ClN7OS/c1-12-10-29-6-3-14(16(22)19(29)26-12)31-20-18(24)27-15(9-25-20)28-7-4-21(5-8-28)11-30-13(2)17(21)23/h3,6,9-10,13,17H,4-5,7-8,11,23H2,1-2H3,(H2,24,27)/t13-,17+/m0/s1. The van der Waals surface area contributed by atoms with E-state index >= 15 is 0 Å². The monoisotopic (exact) mass is 459 g/mol. The summed E-state index contributed by atoms with van der Waals surface area (Å²) in [6, 6.07) is 2.03. The van der Waals surface area contributed by atoms with Gasteiger partial charge in [-0.25, -0.2) is 15.0 Å². The Morgan fingerprint density at radius 2 is 2.06 bits per heavy atom. The molecule has 5 rings (SSSR count). The number of rotatable bonds is 3. The van der Waals surface area contributed by atoms with Crippen LogP contribution in [0.1, 0.15) is 25.5 Å². The minimum absolute atomic E-state index is 0.0747. The van der Waals surface area contributed by atoms with Crippen LogP contribution >= 0.6 is 23.4 Å². The van der Waals surface area contributed by atoms with E-state index < -0.39 is 0 Å². The number of anilines is 2. The smallest absolute Gasteiger partial charge is 0.158 e. The second-order valence-corrected chi connectivity index (χ2v) is 9.93. The predicted octanol–water partition coefficient (Wildman–Crippen LogP) is 3.15. The average molecular weight is 460 g/mol. The van der Waals surface area contributed by atoms with Gasteiger partial charge in [-0.3, -0.25) is 0 Å². The SMILES string of the molecule is Cc1cn2ccc(Sc3ncc(N4CCC5(CC4)CO[C@@H](C)[C@H]5N)nc3N)c(Cl)c2n1. The molecule has 31 heavy (non-hydrogen) atoms. The van der Waals surface area contributed by atoms with Crippen molar-refractivity contribution in [1.82, 2.24) is 19.4 Å². The molecule has 10 heteroatoms. The summed E-state index contributed by atoms with van der Waals surface area (Å²) < 4.78 is 7.73. The molecular formula is C21H26ClN7OS. The van der Waals surface area contributed by atoms with Crippen molar-refractivity contribution in [2.45, 2.75) is 48.8 Å². The Bertz CT molecular complexity index is 1130. The Balaban J connectivity index is 1.31. The molecular weight excluding hydrogens is 434 g/mol. The van der Waals surface area contributed by atoms with Crippen molar-refractivity contribution in [3.05, 3.63) is 35.4 Å². The fourth-order valence-electron chi connectivity index (χ4n) is 4.57. The van der Waals surface area contributed by atoms with Gasteiger partial charge in [0.25, 0.3) is 0 Å². The summed E-state index contributed by atoms with van der Waals surface area (Å²) in [5.74, 6) is 1.19. The van der Waals surface area contributed by atoms with Crippen LogP contribution in [0.3, 0.4) is 0 Å². The first-order valence-electron chi connectivity index (χ1n) is 10.4. The van der Waals surface area contributed by atoms with Crippen molar-refractivity contribution < 1.29 is 4.74 Å². The number of nitrogens with two attached hydrogens (primary N) is 2. The van der Waals surface area contributed by atoms with E-state index in [4.69, 9.17) is 27.8 Å². The number of hydrogen-bond acceptors (Lipinski definition) is 8. The Kier molecular flexibility index (Phi) is 5.24. The van der Waals surface area contributed by atoms with Crippen LogP contribution in [0.5, 0.6) is 0 Å². The van der Waals surface area contributed by atoms with E-state index in [0.29, 0.717) is 15.9 Å². The predicted molar refractivity (Wildman–Crippen MR) is 123 cm³/mol. The molecule has 5 heterocycles. The Morgan fingerprint density at radius 1 is 1.29 bits per heavy atom. The van der Waals surface area contributed by atoms with Gasteiger partial charge in [0.15, 0.2) is 11.5 Å². The molecule has 0 amide bonds. The maximum absolute atomic E-state index is 6.57. The number of piperidine rings is 1. The Labute approximate surface area is 190 Å². The van der Waals surface area contributed by atoms with E-state index in [-0.39, 0.29) is 17.6 Å². The number of aryl methyl sites for hydroxylation is 1. The topological polar surface area (TPSA) is 108 Å². The van der Waals surface area contributed by atoms with E-state index in [1.54, 1.807) is 6.20 Å². The van der Waals surface area contributed by atoms with Crippen LogP contribution in [0.15, 0.2) is 34.6 Å². The average Bonchev–Trinajstić information content (AvgIpc) is 3.27. The van der Waals surface area contributed by atoms with Crippen LogP contribution in [-0.4, -0.2) is 51.2 Å². The summed E-state index contributed by atoms with van der Waals surface area (Å²) in [6.45, 7) is 6.48. The van der Waals surface area contributed by atoms with Gasteiger partial charge < -0.3 is 25.5 Å². The Hall–Kier alpha value is -2.07. The van der Waals surface area contributed by atoms with Crippen molar-refractivity contribution in [1.29, 1.82) is 0 Å². The number of hydrogen-bond donors (Lipinski definition) is 2. The largest absolute Gasteiger partial charge is 0.381 e. The number of ether oxygens (including phenoxy) is 1. The molecule has 1 spiro atoms. The van der Waals surface area contributed by atoms with Gasteiger partial charge in [0.2, 0.25) is 0 Å². The minimum atomic E-state index is 0.0747. The molecule has 164 valence electrons. The van der Waals surface area contributed by atoms with E-state index in [0.717, 1.165) is 54.6 Å². The first-order chi connectivity index (χ1) is 14.9. The van der Waals surface area contributed by atoms with Crippen molar-refractivity contribution in [2.75, 3.05) is 30.3 Å². The van der Waals surface area contributed by atoms with Gasteiger partial charge in [0, 0.05) is 41.8 Å². The normalized spacial score (nSPS) is 23.2. The lowest BCUT2D eigenvalue weighted by Gasteiger charge is -2.41. The molecule has 0 aromatic carbocycles. The van der Waals surface area contributed by atoms with Gasteiger partial charge in [-0.15, -0.1) is 0 Å². The molecule has 8 nitrogen and oxygen atoms in total. The molecule has 0 radical (unpaired) electrons. The van der Waals surface area contributed by atoms with Gasteiger partial charge in [-0.05, 0) is 32.8 Å². The number of fused-ring (bicyclic) bond motifs is 1. The molecule has 2 aliphatic rings. The third-order valence-electron chi connectivity index (χ3n) is 6.54. The summed E-state index contributed by atoms with van der Waals surface area (Å²) in [4.78, 5) is 16.8. The third kappa shape index (κ3) is 3.63. The fourth-order valence-corrected chi connectivity index (χ4v) is 5.67. The molecule has 3 aromatic rings. The highest BCUT2D eigenvalue weighted by Gasteiger charge is 2.47. The van der Waals surface area contributed by atoms with Gasteiger partial charge in [-0.2, -0.15) is 0 Å². The molecule has 0 unspecified atom stereocenters. The lowest BCUT2D eigenvalue weighted by atomic mass is 9.73. The quantitative estimate of drug-likeness (QED) is 0.615. The zero-order valence-corrected chi connectivity index (χ0v) is 19.2. The first-order valence-corrected chi connectivity index (χ1v) is 11.6. The van der Waals surface area contributed by atoms with Crippen LogP contribution in [0, 0.1) is 12.3 Å². The molecule has 2 atom stereocenters. The number of aromatic nitrogens is 4. The molecule has 2 fully saturated rings. The lowest BCUT2D eigenvalue weighted by molar-refractivity contribution is 0.0974. The van der Waals surface area contributed by atoms with Gasteiger partial charge in [-0.1, -0.05) is 23.4 Å². The maximum atomic E-state index is 6.57. The van der Waals surface area contributed by atoms with Crippen molar-refractivity contribution in [2.24, 2.45) is 11.1 Å². The molecule has 0 bridgehead atoms. The minimum Gasteiger partial charge on any atom is -0.381 e. The second-order valence-electron chi connectivity index (χ2n) is 8.52. The van der Waals surface area contributed by atoms with Crippen LogP contribution in [0.25, 0.3) is 5.65 Å². The Morgan fingerprint density at radius 3 is 2.74 bits per heavy atom. The van der Waals surface area contributed by atoms with Gasteiger partial charge in [0.1, 0.15) is 10.8 Å². The number of nitrogen functional groups attached to an aromatic ring is 1. The highest BCUT2D eigenvalue weighted by molar-refractivity contribution is 7.99. The fraction of sp³-hybridized carbons (Fsp3) is 0.476. The lowest BCUT2D eigenvalue weighted by Crippen LogP contribution is -2.50. The third-order valence-corrected chi connectivity index (χ3v) is 8.09. The number of nitrogens with zero attached hydrogens (tertiary/aromatic N) is 5. The van der Waals surface area contributed by atoms with Crippen LogP contribution in [0.2, 0.25) is 5.02 Å². The van der Waals surface area contributed by atoms with Crippen molar-refractivity contribution in [3.63, 3.8) is 0 Å². The molecule has 0 saturated carbocycles. The first kappa shape index (κ1) is 20.8. The molecule has 3 aromatic heterocycles. The summed E-state index contributed by atoms with van der Waals surface area (Å²) in [6.07, 6.45) is 7.74. The maximum Gasteiger partial charge on any atom is 0.158 e. The van der Waals surface area contributed by atoms with Crippen molar-refractivity contribution in [3.8, 4) is 0 Å². The van der Waals surface area contributed by atoms with Gasteiger partial charge >= 0.3 is 0 Å². The van der Waals surface area contributed by atoms with Crippen LogP contribution < -0.4 is 16.4 Å². The highest BCUT2D eigenvalue weighted by atomic mass is 35.5. The molecule has 0 aliphatic carbocycles. The van der Waals surface area contributed by atoms with Crippen LogP contribution in [0.4, 0.5) is 11.6 Å². The summed E-state index contributed by atoms with van der Waals surface area (Å²) in [5.41, 5.74) is 14.4. The van der Waals surface area contributed by atoms with E-state index in [9.17, 15) is 0 Å². The van der Waals surface area contributed by atoms with Crippen molar-refractivity contribution >= 4 is 40.6 Å². The highest BCUT2D eigenvalue weighted by Crippen LogP contribution is 2.42. The van der Waals surface area contributed by atoms with Gasteiger partial charge in [0.05, 0.1) is 29.6 Å². The summed E-state index contributed by atoms with van der Waals surface area (Å²) in [7, 11) is 0. The van der Waals surface area contributed by atoms with E-state index in [1.165, 1.54) is 11.8 Å². The molecule has 2 saturated heterocycles. The number of imidazole rings is 1. The molecule has 2 aliphatic heterocycles. The zero-order chi connectivity index (χ0) is 21.8. The zero-order valence-electron chi connectivity index (χ0n) is 17.6. The van der Waals surface area contributed by atoms with E-state index in [2.05, 4.69) is 26.8 Å². The van der Waals surface area contributed by atoms with E-state index in [1.807, 2.05) is 29.8 Å². The second kappa shape index (κ2) is 7.81. The number of pyridine rings is 1. The van der Waals surface area contributed by atoms with Crippen LogP contribution in [-0.2, 0) is 4.74 Å².